The van der Waals surface area contributed by atoms with Gasteiger partial charge in [0.2, 0.25) is 5.88 Å². The molecule has 40 heavy (non-hydrogen) atoms. The fraction of sp³-hybridized carbons (Fsp3) is 0.276. The molecule has 0 atom stereocenters. The van der Waals surface area contributed by atoms with Crippen molar-refractivity contribution in [1.82, 2.24) is 9.88 Å². The van der Waals surface area contributed by atoms with Crippen molar-refractivity contribution in [2.45, 2.75) is 19.9 Å². The average Bonchev–Trinajstić information content (AvgIpc) is 3.62. The van der Waals surface area contributed by atoms with Gasteiger partial charge < -0.3 is 30.0 Å². The summed E-state index contributed by atoms with van der Waals surface area (Å²) in [5.41, 5.74) is 4.20. The second-order valence-electron chi connectivity index (χ2n) is 9.54. The van der Waals surface area contributed by atoms with Crippen LogP contribution in [0.15, 0.2) is 75.5 Å². The highest BCUT2D eigenvalue weighted by Gasteiger charge is 2.23. The first-order valence-electron chi connectivity index (χ1n) is 13.1. The number of aromatic nitrogens is 1. The van der Waals surface area contributed by atoms with Crippen LogP contribution in [0.25, 0.3) is 0 Å². The molecular formula is C29H31N5O5S. The highest BCUT2D eigenvalue weighted by atomic mass is 32.1. The van der Waals surface area contributed by atoms with Gasteiger partial charge in [-0.15, -0.1) is 0 Å². The highest BCUT2D eigenvalue weighted by Crippen LogP contribution is 2.30. The van der Waals surface area contributed by atoms with Crippen LogP contribution < -0.4 is 25.3 Å². The molecule has 0 bridgehead atoms. The number of furan rings is 1. The largest absolute Gasteiger partial charge is 0.494 e. The Morgan fingerprint density at radius 1 is 0.975 bits per heavy atom. The summed E-state index contributed by atoms with van der Waals surface area (Å²) in [5, 5.41) is 16.9. The van der Waals surface area contributed by atoms with E-state index in [1.165, 1.54) is 27.5 Å². The molecule has 5 rings (SSSR count). The molecule has 3 N–H and O–H groups in total. The number of hydrogen-bond acceptors (Lipinski definition) is 8. The Morgan fingerprint density at radius 2 is 1.73 bits per heavy atom. The van der Waals surface area contributed by atoms with Gasteiger partial charge in [-0.05, 0) is 55.3 Å². The predicted octanol–water partition coefficient (Wildman–Crippen LogP) is 3.92. The van der Waals surface area contributed by atoms with Crippen molar-refractivity contribution in [2.75, 3.05) is 47.8 Å². The Balaban J connectivity index is 1.28. The molecule has 0 spiro atoms. The number of piperazine rings is 1. The number of aryl methyl sites for hydroxylation is 1. The zero-order valence-electron chi connectivity index (χ0n) is 22.1. The SMILES string of the molecule is Cc1ccccc1N1CCN(c2ccc(C(=O)NCCCn3c(O)csc3=O)cc2NC(=O)c2ccco2)CC1. The van der Waals surface area contributed by atoms with Crippen LogP contribution in [0.5, 0.6) is 5.88 Å². The van der Waals surface area contributed by atoms with E-state index in [1.807, 2.05) is 18.2 Å². The standard InChI is InChI=1S/C29H31N5O5S/c1-20-6-2-3-7-23(20)32-13-15-33(16-14-32)24-10-9-21(18-22(24)31-28(37)25-8-4-17-39-25)27(36)30-11-5-12-34-26(35)19-40-29(34)38/h2-4,6-10,17-19,35H,5,11-16H2,1H3,(H,30,36)(H,31,37). The van der Waals surface area contributed by atoms with Crippen LogP contribution >= 0.6 is 11.3 Å². The van der Waals surface area contributed by atoms with Crippen LogP contribution in [0.1, 0.15) is 32.9 Å². The van der Waals surface area contributed by atoms with E-state index in [1.54, 1.807) is 24.3 Å². The molecule has 4 aromatic rings. The summed E-state index contributed by atoms with van der Waals surface area (Å²) in [5.74, 6) is -0.597. The van der Waals surface area contributed by atoms with Crippen molar-refractivity contribution in [3.63, 3.8) is 0 Å². The van der Waals surface area contributed by atoms with Crippen molar-refractivity contribution in [3.05, 3.63) is 92.8 Å². The molecule has 3 heterocycles. The molecule has 1 aliphatic heterocycles. The number of hydrogen-bond donors (Lipinski definition) is 3. The summed E-state index contributed by atoms with van der Waals surface area (Å²) < 4.78 is 6.54. The molecule has 0 radical (unpaired) electrons. The third-order valence-corrected chi connectivity index (χ3v) is 7.69. The lowest BCUT2D eigenvalue weighted by molar-refractivity contribution is 0.0950. The predicted molar refractivity (Wildman–Crippen MR) is 156 cm³/mol. The van der Waals surface area contributed by atoms with E-state index in [-0.39, 0.29) is 22.4 Å². The van der Waals surface area contributed by atoms with Crippen LogP contribution in [0.4, 0.5) is 17.1 Å². The fourth-order valence-electron chi connectivity index (χ4n) is 4.82. The maximum absolute atomic E-state index is 12.9. The van der Waals surface area contributed by atoms with E-state index >= 15 is 0 Å². The number of thiazole rings is 1. The number of nitrogens with zero attached hydrogens (tertiary/aromatic N) is 3. The summed E-state index contributed by atoms with van der Waals surface area (Å²) in [6.45, 7) is 5.86. The summed E-state index contributed by atoms with van der Waals surface area (Å²) in [6.07, 6.45) is 1.91. The molecule has 2 aromatic heterocycles. The zero-order chi connectivity index (χ0) is 28.1. The monoisotopic (exact) mass is 561 g/mol. The normalized spacial score (nSPS) is 13.3. The van der Waals surface area contributed by atoms with Gasteiger partial charge >= 0.3 is 4.87 Å². The molecule has 1 fully saturated rings. The number of amides is 2. The Labute approximate surface area is 235 Å². The number of carbonyl (C=O) groups excluding carboxylic acids is 2. The molecule has 10 nitrogen and oxygen atoms in total. The van der Waals surface area contributed by atoms with E-state index in [0.29, 0.717) is 30.8 Å². The van der Waals surface area contributed by atoms with Gasteiger partial charge in [0.1, 0.15) is 0 Å². The first kappa shape index (κ1) is 27.1. The summed E-state index contributed by atoms with van der Waals surface area (Å²) in [7, 11) is 0. The molecule has 0 unspecified atom stereocenters. The Morgan fingerprint density at radius 3 is 2.40 bits per heavy atom. The second kappa shape index (κ2) is 12.1. The van der Waals surface area contributed by atoms with E-state index in [2.05, 4.69) is 39.5 Å². The van der Waals surface area contributed by atoms with Crippen molar-refractivity contribution in [1.29, 1.82) is 0 Å². The number of nitrogens with one attached hydrogen (secondary N) is 2. The van der Waals surface area contributed by atoms with Crippen molar-refractivity contribution in [3.8, 4) is 5.88 Å². The minimum Gasteiger partial charge on any atom is -0.494 e. The van der Waals surface area contributed by atoms with Crippen LogP contribution in [0.2, 0.25) is 0 Å². The molecule has 1 aliphatic rings. The number of para-hydroxylation sites is 1. The Kier molecular flexibility index (Phi) is 8.20. The molecule has 0 saturated carbocycles. The fourth-order valence-corrected chi connectivity index (χ4v) is 5.47. The van der Waals surface area contributed by atoms with Gasteiger partial charge in [0.25, 0.3) is 11.8 Å². The molecule has 2 aromatic carbocycles. The highest BCUT2D eigenvalue weighted by molar-refractivity contribution is 7.07. The van der Waals surface area contributed by atoms with Gasteiger partial charge in [0.05, 0.1) is 23.0 Å². The molecular weight excluding hydrogens is 530 g/mol. The lowest BCUT2D eigenvalue weighted by Gasteiger charge is -2.38. The van der Waals surface area contributed by atoms with Crippen molar-refractivity contribution >= 4 is 40.2 Å². The van der Waals surface area contributed by atoms with Gasteiger partial charge in [-0.1, -0.05) is 29.5 Å². The van der Waals surface area contributed by atoms with Gasteiger partial charge in [-0.25, -0.2) is 0 Å². The second-order valence-corrected chi connectivity index (χ2v) is 10.4. The zero-order valence-corrected chi connectivity index (χ0v) is 22.9. The average molecular weight is 562 g/mol. The number of carbonyl (C=O) groups is 2. The molecule has 0 aliphatic carbocycles. The van der Waals surface area contributed by atoms with E-state index in [9.17, 15) is 19.5 Å². The molecule has 1 saturated heterocycles. The molecule has 208 valence electrons. The molecule has 11 heteroatoms. The van der Waals surface area contributed by atoms with Gasteiger partial charge in [0, 0.05) is 50.5 Å². The first-order chi connectivity index (χ1) is 19.4. The summed E-state index contributed by atoms with van der Waals surface area (Å²) in [4.78, 5) is 41.9. The number of aromatic hydroxyl groups is 1. The van der Waals surface area contributed by atoms with E-state index in [4.69, 9.17) is 4.42 Å². The van der Waals surface area contributed by atoms with E-state index < -0.39 is 5.91 Å². The van der Waals surface area contributed by atoms with E-state index in [0.717, 1.165) is 43.2 Å². The van der Waals surface area contributed by atoms with Crippen LogP contribution in [0.3, 0.4) is 0 Å². The third kappa shape index (κ3) is 6.04. The van der Waals surface area contributed by atoms with Crippen LogP contribution in [-0.2, 0) is 6.54 Å². The maximum atomic E-state index is 12.9. The Hall–Kier alpha value is -4.51. The first-order valence-corrected chi connectivity index (χ1v) is 14.0. The Bertz CT molecular complexity index is 1540. The van der Waals surface area contributed by atoms with Crippen molar-refractivity contribution in [2.24, 2.45) is 0 Å². The van der Waals surface area contributed by atoms with Crippen LogP contribution in [-0.4, -0.2) is 54.2 Å². The lowest BCUT2D eigenvalue weighted by atomic mass is 10.1. The minimum absolute atomic E-state index is 0.0754. The summed E-state index contributed by atoms with van der Waals surface area (Å²) in [6, 6.07) is 16.8. The number of anilines is 3. The van der Waals surface area contributed by atoms with Gasteiger partial charge in [-0.3, -0.25) is 19.0 Å². The van der Waals surface area contributed by atoms with Crippen LogP contribution in [0, 0.1) is 6.92 Å². The van der Waals surface area contributed by atoms with Gasteiger partial charge in [0.15, 0.2) is 5.76 Å². The summed E-state index contributed by atoms with van der Waals surface area (Å²) >= 11 is 0.932. The quantitative estimate of drug-likeness (QED) is 0.265. The van der Waals surface area contributed by atoms with Crippen molar-refractivity contribution < 1.29 is 19.1 Å². The number of benzene rings is 2. The van der Waals surface area contributed by atoms with Gasteiger partial charge in [-0.2, -0.15) is 0 Å². The maximum Gasteiger partial charge on any atom is 0.309 e. The number of rotatable bonds is 9. The smallest absolute Gasteiger partial charge is 0.309 e. The molecule has 2 amide bonds. The minimum atomic E-state index is -0.400. The topological polar surface area (TPSA) is 120 Å². The third-order valence-electron chi connectivity index (χ3n) is 6.93. The lowest BCUT2D eigenvalue weighted by Crippen LogP contribution is -2.47.